The highest BCUT2D eigenvalue weighted by Crippen LogP contribution is 2.51. The van der Waals surface area contributed by atoms with E-state index in [4.69, 9.17) is 4.74 Å². The molecule has 2 unspecified atom stereocenters. The Bertz CT molecular complexity index is 857. The molecular weight excluding hydrogens is 378 g/mol. The van der Waals surface area contributed by atoms with Gasteiger partial charge >= 0.3 is 5.97 Å². The number of methoxy groups -OCH3 is 1. The molecule has 1 aliphatic heterocycles. The number of carbonyl (C=O) groups is 1. The first-order valence-electron chi connectivity index (χ1n) is 8.50. The maximum atomic E-state index is 12.3. The van der Waals surface area contributed by atoms with Crippen molar-refractivity contribution in [2.24, 2.45) is 5.92 Å². The molecule has 0 amide bonds. The number of allylic oxidation sites excluding steroid dienone is 2. The number of carbonyl (C=O) groups excluding carboxylic acids is 1. The molecule has 0 bridgehead atoms. The van der Waals surface area contributed by atoms with E-state index in [1.807, 2.05) is 12.1 Å². The van der Waals surface area contributed by atoms with Crippen molar-refractivity contribution in [1.82, 2.24) is 0 Å². The Labute approximate surface area is 156 Å². The number of benzene rings is 2. The minimum absolute atomic E-state index is 0.229. The summed E-state index contributed by atoms with van der Waals surface area (Å²) < 4.78 is 6.10. The molecule has 0 aromatic heterocycles. The van der Waals surface area contributed by atoms with E-state index in [0.29, 0.717) is 11.5 Å². The van der Waals surface area contributed by atoms with Crippen molar-refractivity contribution >= 4 is 27.6 Å². The average Bonchev–Trinajstić information content (AvgIpc) is 3.11. The van der Waals surface area contributed by atoms with Gasteiger partial charge in [0.1, 0.15) is 0 Å². The SMILES string of the molecule is COC(=O)c1ccc(C)c2c1C1C=CCC1[C@@H](c1ccc(Br)cc1)N2. The molecule has 128 valence electrons. The molecule has 3 nitrogen and oxygen atoms in total. The smallest absolute Gasteiger partial charge is 0.338 e. The van der Waals surface area contributed by atoms with Gasteiger partial charge in [0, 0.05) is 16.1 Å². The van der Waals surface area contributed by atoms with Crippen LogP contribution in [0.3, 0.4) is 0 Å². The van der Waals surface area contributed by atoms with Gasteiger partial charge in [0.05, 0.1) is 18.7 Å². The average molecular weight is 398 g/mol. The third-order valence-electron chi connectivity index (χ3n) is 5.36. The fourth-order valence-electron chi connectivity index (χ4n) is 4.14. The van der Waals surface area contributed by atoms with E-state index in [1.165, 1.54) is 12.7 Å². The van der Waals surface area contributed by atoms with Gasteiger partial charge in [0.15, 0.2) is 0 Å². The second-order valence-corrected chi connectivity index (χ2v) is 7.65. The van der Waals surface area contributed by atoms with Crippen LogP contribution in [0.15, 0.2) is 53.0 Å². The van der Waals surface area contributed by atoms with Crippen molar-refractivity contribution < 1.29 is 9.53 Å². The number of hydrogen-bond acceptors (Lipinski definition) is 3. The molecule has 1 aliphatic carbocycles. The zero-order chi connectivity index (χ0) is 17.6. The molecule has 25 heavy (non-hydrogen) atoms. The van der Waals surface area contributed by atoms with E-state index in [-0.39, 0.29) is 17.9 Å². The number of esters is 1. The molecule has 1 heterocycles. The predicted molar refractivity (Wildman–Crippen MR) is 103 cm³/mol. The molecule has 2 aliphatic rings. The van der Waals surface area contributed by atoms with E-state index in [2.05, 4.69) is 64.6 Å². The van der Waals surface area contributed by atoms with E-state index in [9.17, 15) is 4.79 Å². The van der Waals surface area contributed by atoms with Crippen LogP contribution in [0, 0.1) is 12.8 Å². The minimum atomic E-state index is -0.265. The number of nitrogens with one attached hydrogen (secondary N) is 1. The van der Waals surface area contributed by atoms with Gasteiger partial charge in [0.2, 0.25) is 0 Å². The van der Waals surface area contributed by atoms with Crippen molar-refractivity contribution in [1.29, 1.82) is 0 Å². The van der Waals surface area contributed by atoms with E-state index in [1.54, 1.807) is 0 Å². The predicted octanol–water partition coefficient (Wildman–Crippen LogP) is 5.37. The maximum absolute atomic E-state index is 12.3. The summed E-state index contributed by atoms with van der Waals surface area (Å²) in [5.41, 5.74) is 5.26. The van der Waals surface area contributed by atoms with Gasteiger partial charge in [-0.2, -0.15) is 0 Å². The molecule has 0 saturated carbocycles. The van der Waals surface area contributed by atoms with Crippen LogP contribution in [-0.4, -0.2) is 13.1 Å². The molecular formula is C21H20BrNO2. The number of hydrogen-bond donors (Lipinski definition) is 1. The lowest BCUT2D eigenvalue weighted by Crippen LogP contribution is -2.31. The topological polar surface area (TPSA) is 38.3 Å². The van der Waals surface area contributed by atoms with Crippen LogP contribution in [-0.2, 0) is 4.74 Å². The molecule has 0 fully saturated rings. The zero-order valence-corrected chi connectivity index (χ0v) is 15.8. The zero-order valence-electron chi connectivity index (χ0n) is 14.3. The van der Waals surface area contributed by atoms with Crippen LogP contribution in [0.5, 0.6) is 0 Å². The Balaban J connectivity index is 1.85. The maximum Gasteiger partial charge on any atom is 0.338 e. The highest BCUT2D eigenvalue weighted by molar-refractivity contribution is 9.10. The highest BCUT2D eigenvalue weighted by Gasteiger charge is 2.40. The largest absolute Gasteiger partial charge is 0.465 e. The summed E-state index contributed by atoms with van der Waals surface area (Å²) in [5, 5.41) is 3.73. The van der Waals surface area contributed by atoms with Gasteiger partial charge in [-0.1, -0.05) is 46.3 Å². The van der Waals surface area contributed by atoms with Gasteiger partial charge < -0.3 is 10.1 Å². The van der Waals surface area contributed by atoms with Gasteiger partial charge in [0.25, 0.3) is 0 Å². The molecule has 3 atom stereocenters. The summed E-state index contributed by atoms with van der Waals surface area (Å²) in [4.78, 5) is 12.3. The number of rotatable bonds is 2. The van der Waals surface area contributed by atoms with E-state index < -0.39 is 0 Å². The number of ether oxygens (including phenoxy) is 1. The first kappa shape index (κ1) is 16.4. The van der Waals surface area contributed by atoms with Crippen molar-refractivity contribution in [3.8, 4) is 0 Å². The summed E-state index contributed by atoms with van der Waals surface area (Å²) >= 11 is 3.51. The van der Waals surface area contributed by atoms with Gasteiger partial charge in [-0.15, -0.1) is 0 Å². The molecule has 2 aromatic carbocycles. The summed E-state index contributed by atoms with van der Waals surface area (Å²) in [6, 6.07) is 12.6. The van der Waals surface area contributed by atoms with Crippen LogP contribution in [0.25, 0.3) is 0 Å². The van der Waals surface area contributed by atoms with Crippen LogP contribution < -0.4 is 5.32 Å². The summed E-state index contributed by atoms with van der Waals surface area (Å²) in [7, 11) is 1.44. The Kier molecular flexibility index (Phi) is 4.16. The Hall–Kier alpha value is -2.07. The number of halogens is 1. The third-order valence-corrected chi connectivity index (χ3v) is 5.89. The second-order valence-electron chi connectivity index (χ2n) is 6.74. The van der Waals surface area contributed by atoms with Crippen molar-refractivity contribution in [3.05, 3.63) is 75.3 Å². The summed E-state index contributed by atoms with van der Waals surface area (Å²) in [5.74, 6) is 0.372. The van der Waals surface area contributed by atoms with Crippen molar-refractivity contribution in [3.63, 3.8) is 0 Å². The second kappa shape index (κ2) is 6.34. The summed E-state index contributed by atoms with van der Waals surface area (Å²) in [6.07, 6.45) is 5.50. The molecule has 1 N–H and O–H groups in total. The Morgan fingerprint density at radius 2 is 1.96 bits per heavy atom. The Morgan fingerprint density at radius 3 is 2.68 bits per heavy atom. The van der Waals surface area contributed by atoms with Gasteiger partial charge in [-0.05, 0) is 54.2 Å². The van der Waals surface area contributed by atoms with Crippen LogP contribution in [0.2, 0.25) is 0 Å². The number of aryl methyl sites for hydroxylation is 1. The van der Waals surface area contributed by atoms with Gasteiger partial charge in [-0.3, -0.25) is 0 Å². The fraction of sp³-hybridized carbons (Fsp3) is 0.286. The summed E-state index contributed by atoms with van der Waals surface area (Å²) in [6.45, 7) is 2.09. The molecule has 4 heteroatoms. The lowest BCUT2D eigenvalue weighted by molar-refractivity contribution is 0.0598. The van der Waals surface area contributed by atoms with E-state index >= 15 is 0 Å². The first-order valence-corrected chi connectivity index (χ1v) is 9.30. The Morgan fingerprint density at radius 1 is 1.20 bits per heavy atom. The molecule has 0 saturated heterocycles. The standard InChI is InChI=1S/C21H20BrNO2/c1-12-6-11-17(21(24)25-2)18-15-4-3-5-16(15)20(23-19(12)18)13-7-9-14(22)10-8-13/h3-4,6-11,15-16,20,23H,5H2,1-2H3/t15?,16?,20-/m1/s1. The first-order chi connectivity index (χ1) is 12.1. The molecule has 4 rings (SSSR count). The molecule has 0 spiro atoms. The van der Waals surface area contributed by atoms with Crippen molar-refractivity contribution in [2.45, 2.75) is 25.3 Å². The quantitative estimate of drug-likeness (QED) is 0.546. The van der Waals surface area contributed by atoms with Crippen LogP contribution >= 0.6 is 15.9 Å². The molecule has 2 aromatic rings. The lowest BCUT2D eigenvalue weighted by Gasteiger charge is -2.39. The normalized spacial score (nSPS) is 23.6. The van der Waals surface area contributed by atoms with Crippen LogP contribution in [0.4, 0.5) is 5.69 Å². The lowest BCUT2D eigenvalue weighted by atomic mass is 9.75. The minimum Gasteiger partial charge on any atom is -0.465 e. The van der Waals surface area contributed by atoms with Crippen molar-refractivity contribution in [2.75, 3.05) is 12.4 Å². The monoisotopic (exact) mass is 397 g/mol. The fourth-order valence-corrected chi connectivity index (χ4v) is 4.41. The molecule has 0 radical (unpaired) electrons. The third kappa shape index (κ3) is 2.69. The number of anilines is 1. The van der Waals surface area contributed by atoms with Gasteiger partial charge in [-0.25, -0.2) is 4.79 Å². The van der Waals surface area contributed by atoms with E-state index in [0.717, 1.165) is 27.7 Å². The number of fused-ring (bicyclic) bond motifs is 3. The highest BCUT2D eigenvalue weighted by atomic mass is 79.9. The van der Waals surface area contributed by atoms with Crippen LogP contribution in [0.1, 0.15) is 45.4 Å².